The number of hydrogen-bond acceptors (Lipinski definition) is 2. The zero-order chi connectivity index (χ0) is 14.1. The Morgan fingerprint density at radius 2 is 1.84 bits per heavy atom. The third-order valence-electron chi connectivity index (χ3n) is 2.83. The van der Waals surface area contributed by atoms with E-state index in [4.69, 9.17) is 0 Å². The highest BCUT2D eigenvalue weighted by Crippen LogP contribution is 2.05. The summed E-state index contributed by atoms with van der Waals surface area (Å²) in [6.07, 6.45) is 1.19. The number of nitrogens with one attached hydrogen (secondary N) is 1. The van der Waals surface area contributed by atoms with Crippen LogP contribution in [0, 0.1) is 17.8 Å². The lowest BCUT2D eigenvalue weighted by molar-refractivity contribution is 0.313. The van der Waals surface area contributed by atoms with Crippen LogP contribution in [0.3, 0.4) is 0 Å². The lowest BCUT2D eigenvalue weighted by Gasteiger charge is -2.23. The van der Waals surface area contributed by atoms with Crippen molar-refractivity contribution in [1.82, 2.24) is 10.2 Å². The number of nitrogens with zero attached hydrogens (tertiary/aromatic N) is 1. The second kappa shape index (κ2) is 8.74. The summed E-state index contributed by atoms with van der Waals surface area (Å²) in [5.74, 6) is 7.09. The fourth-order valence-electron chi connectivity index (χ4n) is 2.10. The van der Waals surface area contributed by atoms with Crippen molar-refractivity contribution in [2.75, 3.05) is 27.2 Å². The molecule has 1 N–H and O–H groups in total. The minimum Gasteiger partial charge on any atom is -0.308 e. The molecule has 0 saturated heterocycles. The summed E-state index contributed by atoms with van der Waals surface area (Å²) >= 11 is 0. The Bertz CT molecular complexity index is 388. The number of rotatable bonds is 6. The summed E-state index contributed by atoms with van der Waals surface area (Å²) in [6.45, 7) is 6.34. The third-order valence-corrected chi connectivity index (χ3v) is 2.83. The Morgan fingerprint density at radius 3 is 2.42 bits per heavy atom. The van der Waals surface area contributed by atoms with Crippen molar-refractivity contribution in [3.8, 4) is 11.8 Å². The number of hydrogen-bond donors (Lipinski definition) is 1. The van der Waals surface area contributed by atoms with E-state index in [1.54, 1.807) is 0 Å². The van der Waals surface area contributed by atoms with E-state index in [2.05, 4.69) is 50.0 Å². The summed E-state index contributed by atoms with van der Waals surface area (Å²) in [6, 6.07) is 10.6. The topological polar surface area (TPSA) is 15.3 Å². The van der Waals surface area contributed by atoms with Crippen LogP contribution in [0.25, 0.3) is 0 Å². The molecule has 2 nitrogen and oxygen atoms in total. The predicted octanol–water partition coefficient (Wildman–Crippen LogP) is 2.60. The molecule has 2 heteroatoms. The van der Waals surface area contributed by atoms with Crippen molar-refractivity contribution in [2.24, 2.45) is 5.92 Å². The van der Waals surface area contributed by atoms with E-state index < -0.39 is 0 Å². The molecular weight excluding hydrogens is 232 g/mol. The van der Waals surface area contributed by atoms with Crippen LogP contribution in [0.4, 0.5) is 0 Å². The average molecular weight is 258 g/mol. The Morgan fingerprint density at radius 1 is 1.16 bits per heavy atom. The molecule has 0 bridgehead atoms. The summed E-state index contributed by atoms with van der Waals surface area (Å²) < 4.78 is 0. The predicted molar refractivity (Wildman–Crippen MR) is 83.1 cm³/mol. The van der Waals surface area contributed by atoms with E-state index >= 15 is 0 Å². The second-order valence-electron chi connectivity index (χ2n) is 5.64. The molecule has 0 heterocycles. The molecule has 1 aromatic carbocycles. The average Bonchev–Trinajstić information content (AvgIpc) is 2.34. The minimum atomic E-state index is 0.514. The van der Waals surface area contributed by atoms with Gasteiger partial charge in [0.15, 0.2) is 0 Å². The van der Waals surface area contributed by atoms with Gasteiger partial charge in [0.05, 0.1) is 6.54 Å². The van der Waals surface area contributed by atoms with Gasteiger partial charge in [0, 0.05) is 18.2 Å². The quantitative estimate of drug-likeness (QED) is 0.789. The molecule has 1 unspecified atom stereocenters. The first-order chi connectivity index (χ1) is 9.08. The molecule has 104 valence electrons. The Balaban J connectivity index is 2.41. The van der Waals surface area contributed by atoms with E-state index in [0.717, 1.165) is 18.7 Å². The van der Waals surface area contributed by atoms with Crippen LogP contribution in [-0.2, 0) is 0 Å². The molecule has 0 aliphatic heterocycles. The zero-order valence-corrected chi connectivity index (χ0v) is 12.6. The standard InChI is InChI=1S/C17H26N2/c1-15(2)13-17(14-19(3)4)18-12-8-11-16-9-6-5-7-10-16/h5-7,9-10,15,17-18H,12-14H2,1-4H3. The van der Waals surface area contributed by atoms with Gasteiger partial charge in [-0.3, -0.25) is 0 Å². The molecule has 0 aromatic heterocycles. The van der Waals surface area contributed by atoms with Gasteiger partial charge in [-0.2, -0.15) is 0 Å². The molecule has 0 spiro atoms. The largest absolute Gasteiger partial charge is 0.308 e. The lowest BCUT2D eigenvalue weighted by Crippen LogP contribution is -2.39. The van der Waals surface area contributed by atoms with Crippen LogP contribution < -0.4 is 5.32 Å². The SMILES string of the molecule is CC(C)CC(CN(C)C)NCC#Cc1ccccc1. The molecule has 19 heavy (non-hydrogen) atoms. The van der Waals surface area contributed by atoms with Crippen LogP contribution in [0.1, 0.15) is 25.8 Å². The van der Waals surface area contributed by atoms with E-state index in [0.29, 0.717) is 12.0 Å². The van der Waals surface area contributed by atoms with Crippen molar-refractivity contribution in [1.29, 1.82) is 0 Å². The maximum absolute atomic E-state index is 3.54. The maximum Gasteiger partial charge on any atom is 0.0582 e. The highest BCUT2D eigenvalue weighted by Gasteiger charge is 2.10. The van der Waals surface area contributed by atoms with Crippen LogP contribution in [0.5, 0.6) is 0 Å². The molecule has 0 aliphatic rings. The Hall–Kier alpha value is -1.30. The molecule has 0 radical (unpaired) electrons. The van der Waals surface area contributed by atoms with E-state index in [1.165, 1.54) is 6.42 Å². The normalized spacial score (nSPS) is 12.3. The first-order valence-electron chi connectivity index (χ1n) is 7.00. The Kier molecular flexibility index (Phi) is 7.25. The molecule has 0 aliphatic carbocycles. The van der Waals surface area contributed by atoms with E-state index in [1.807, 2.05) is 30.3 Å². The van der Waals surface area contributed by atoms with Crippen LogP contribution in [0.15, 0.2) is 30.3 Å². The van der Waals surface area contributed by atoms with Crippen molar-refractivity contribution < 1.29 is 0 Å². The van der Waals surface area contributed by atoms with Crippen molar-refractivity contribution >= 4 is 0 Å². The van der Waals surface area contributed by atoms with Gasteiger partial charge in [-0.15, -0.1) is 0 Å². The van der Waals surface area contributed by atoms with Gasteiger partial charge in [0.1, 0.15) is 0 Å². The lowest BCUT2D eigenvalue weighted by atomic mass is 10.0. The molecule has 1 rings (SSSR count). The summed E-state index contributed by atoms with van der Waals surface area (Å²) in [5, 5.41) is 3.54. The first kappa shape index (κ1) is 15.8. The summed E-state index contributed by atoms with van der Waals surface area (Å²) in [7, 11) is 4.23. The molecule has 0 amide bonds. The van der Waals surface area contributed by atoms with Gasteiger partial charge in [0.25, 0.3) is 0 Å². The summed E-state index contributed by atoms with van der Waals surface area (Å²) in [4.78, 5) is 2.23. The molecular formula is C17H26N2. The highest BCUT2D eigenvalue weighted by molar-refractivity contribution is 5.33. The molecule has 1 atom stereocenters. The van der Waals surface area contributed by atoms with Gasteiger partial charge in [-0.05, 0) is 38.6 Å². The van der Waals surface area contributed by atoms with Gasteiger partial charge < -0.3 is 10.2 Å². The third kappa shape index (κ3) is 7.66. The highest BCUT2D eigenvalue weighted by atomic mass is 15.1. The molecule has 1 aromatic rings. The fraction of sp³-hybridized carbons (Fsp3) is 0.529. The molecule has 0 fully saturated rings. The zero-order valence-electron chi connectivity index (χ0n) is 12.6. The molecule has 0 saturated carbocycles. The first-order valence-corrected chi connectivity index (χ1v) is 7.00. The van der Waals surface area contributed by atoms with Crippen molar-refractivity contribution in [3.63, 3.8) is 0 Å². The van der Waals surface area contributed by atoms with Crippen LogP contribution >= 0.6 is 0 Å². The number of benzene rings is 1. The smallest absolute Gasteiger partial charge is 0.0582 e. The van der Waals surface area contributed by atoms with Crippen molar-refractivity contribution in [3.05, 3.63) is 35.9 Å². The van der Waals surface area contributed by atoms with Crippen LogP contribution in [0.2, 0.25) is 0 Å². The van der Waals surface area contributed by atoms with Gasteiger partial charge in [-0.1, -0.05) is 43.9 Å². The van der Waals surface area contributed by atoms with Gasteiger partial charge in [0.2, 0.25) is 0 Å². The van der Waals surface area contributed by atoms with Crippen LogP contribution in [-0.4, -0.2) is 38.1 Å². The monoisotopic (exact) mass is 258 g/mol. The van der Waals surface area contributed by atoms with E-state index in [-0.39, 0.29) is 0 Å². The fourth-order valence-corrected chi connectivity index (χ4v) is 2.10. The van der Waals surface area contributed by atoms with Gasteiger partial charge in [-0.25, -0.2) is 0 Å². The second-order valence-corrected chi connectivity index (χ2v) is 5.64. The van der Waals surface area contributed by atoms with E-state index in [9.17, 15) is 0 Å². The maximum atomic E-state index is 3.54. The number of likely N-dealkylation sites (N-methyl/N-ethyl adjacent to an activating group) is 1. The van der Waals surface area contributed by atoms with Crippen molar-refractivity contribution in [2.45, 2.75) is 26.3 Å². The summed E-state index contributed by atoms with van der Waals surface area (Å²) in [5.41, 5.74) is 1.08. The Labute approximate surface area is 118 Å². The van der Waals surface area contributed by atoms with Gasteiger partial charge >= 0.3 is 0 Å². The minimum absolute atomic E-state index is 0.514.